The maximum Gasteiger partial charge on any atom is 0.223 e. The molecule has 0 bridgehead atoms. The fraction of sp³-hybridized carbons (Fsp3) is 0.321. The second-order valence-electron chi connectivity index (χ2n) is 18.4. The number of rotatable bonds is 14. The van der Waals surface area contributed by atoms with Gasteiger partial charge >= 0.3 is 0 Å². The molecular weight excluding hydrogens is 761 g/mol. The molecule has 6 aromatic rings. The van der Waals surface area contributed by atoms with Gasteiger partial charge in [0, 0.05) is 42.2 Å². The number of hydrogen-bond acceptors (Lipinski definition) is 2. The van der Waals surface area contributed by atoms with Gasteiger partial charge in [0.15, 0.2) is 0 Å². The molecule has 0 radical (unpaired) electrons. The zero-order valence-electron chi connectivity index (χ0n) is 36.9. The highest BCUT2D eigenvalue weighted by molar-refractivity contribution is 5.78. The predicted octanol–water partition coefficient (Wildman–Crippen LogP) is 9.73. The van der Waals surface area contributed by atoms with E-state index in [1.54, 1.807) is 0 Å². The Balaban J connectivity index is 0.912. The van der Waals surface area contributed by atoms with Crippen molar-refractivity contribution in [3.8, 4) is 0 Å². The number of piperazine rings is 2. The molecule has 6 heteroatoms. The topological polar surface area (TPSA) is 40.6 Å². The van der Waals surface area contributed by atoms with Crippen LogP contribution in [0.3, 0.4) is 0 Å². The molecule has 2 aliphatic rings. The lowest BCUT2D eigenvalue weighted by Gasteiger charge is -2.47. The highest BCUT2D eigenvalue weighted by atomic mass is 16.2. The van der Waals surface area contributed by atoms with Gasteiger partial charge < -0.3 is 18.8 Å². The van der Waals surface area contributed by atoms with Gasteiger partial charge in [-0.05, 0) is 34.7 Å². The maximum absolute atomic E-state index is 14.4. The Morgan fingerprint density at radius 1 is 0.452 bits per heavy atom. The molecule has 0 saturated carbocycles. The number of amides is 2. The van der Waals surface area contributed by atoms with Gasteiger partial charge in [0.25, 0.3) is 0 Å². The number of nitrogens with zero attached hydrogens (tertiary/aromatic N) is 4. The van der Waals surface area contributed by atoms with Crippen molar-refractivity contribution in [2.45, 2.75) is 50.1 Å². The highest BCUT2D eigenvalue weighted by Crippen LogP contribution is 2.36. The van der Waals surface area contributed by atoms with Crippen molar-refractivity contribution in [2.75, 3.05) is 66.5 Å². The third-order valence-corrected chi connectivity index (χ3v) is 14.4. The number of quaternary nitrogens is 2. The Kier molecular flexibility index (Phi) is 13.5. The molecule has 2 atom stereocenters. The third kappa shape index (κ3) is 9.94. The van der Waals surface area contributed by atoms with Gasteiger partial charge in [-0.3, -0.25) is 9.59 Å². The van der Waals surface area contributed by atoms with Gasteiger partial charge in [0.2, 0.25) is 11.8 Å². The SMILES string of the molecule is CC(Cc1cccc(C(CC(=O)N2CC[N+](C)(C(c3ccccc3)c3ccccc3)CC2)c2ccccc2)c1)[N+]1(C)CCN(C(=O)CC(c2ccccc2)c2ccccc2)CC1. The molecule has 0 aliphatic carbocycles. The molecule has 6 aromatic carbocycles. The van der Waals surface area contributed by atoms with Crippen LogP contribution in [0, 0.1) is 0 Å². The summed E-state index contributed by atoms with van der Waals surface area (Å²) >= 11 is 0. The second kappa shape index (κ2) is 19.5. The lowest BCUT2D eigenvalue weighted by atomic mass is 9.86. The first-order valence-corrected chi connectivity index (χ1v) is 22.8. The third-order valence-electron chi connectivity index (χ3n) is 14.4. The minimum absolute atomic E-state index is 0.0296. The van der Waals surface area contributed by atoms with E-state index < -0.39 is 0 Å². The van der Waals surface area contributed by atoms with Crippen LogP contribution in [0.1, 0.15) is 76.6 Å². The molecule has 0 N–H and O–H groups in total. The number of hydrogen-bond donors (Lipinski definition) is 0. The molecule has 0 aromatic heterocycles. The first kappa shape index (κ1) is 42.9. The standard InChI is InChI=1S/C56H64N4O2/c1-44(59(2)36-32-57(33-37-59)54(61)42-52(46-21-9-4-10-22-46)47-23-11-5-12-24-47)40-45-20-19-31-51(41-45)53(48-25-13-6-14-26-48)43-55(62)58-34-38-60(3,39-35-58)56(49-27-15-7-16-28-49)50-29-17-8-18-30-50/h4-31,41,44,52-53,56H,32-40,42-43H2,1-3H3/q+2. The van der Waals surface area contributed by atoms with Crippen molar-refractivity contribution >= 4 is 11.8 Å². The van der Waals surface area contributed by atoms with E-state index in [1.165, 1.54) is 38.9 Å². The van der Waals surface area contributed by atoms with Crippen molar-refractivity contribution in [3.05, 3.63) is 215 Å². The molecule has 2 aliphatic heterocycles. The average molecular weight is 825 g/mol. The minimum Gasteiger partial charge on any atom is -0.331 e. The van der Waals surface area contributed by atoms with Gasteiger partial charge in [0.05, 0.1) is 72.5 Å². The number of carbonyl (C=O) groups is 2. The minimum atomic E-state index is -0.0296. The average Bonchev–Trinajstić information content (AvgIpc) is 3.32. The van der Waals surface area contributed by atoms with E-state index in [1.807, 2.05) is 12.1 Å². The summed E-state index contributed by atoms with van der Waals surface area (Å²) in [6, 6.07) is 62.8. The fourth-order valence-electron chi connectivity index (χ4n) is 10.2. The molecule has 8 rings (SSSR count). The highest BCUT2D eigenvalue weighted by Gasteiger charge is 2.40. The van der Waals surface area contributed by atoms with Crippen LogP contribution in [0.25, 0.3) is 0 Å². The molecule has 6 nitrogen and oxygen atoms in total. The Morgan fingerprint density at radius 2 is 0.790 bits per heavy atom. The Bertz CT molecular complexity index is 2260. The van der Waals surface area contributed by atoms with Gasteiger partial charge in [-0.1, -0.05) is 176 Å². The van der Waals surface area contributed by atoms with Crippen LogP contribution in [-0.4, -0.2) is 103 Å². The van der Waals surface area contributed by atoms with E-state index in [-0.39, 0.29) is 29.7 Å². The van der Waals surface area contributed by atoms with Gasteiger partial charge in [-0.15, -0.1) is 0 Å². The monoisotopic (exact) mass is 825 g/mol. The summed E-state index contributed by atoms with van der Waals surface area (Å²) in [6.45, 7) is 9.04. The van der Waals surface area contributed by atoms with Crippen LogP contribution in [-0.2, 0) is 16.0 Å². The normalized spacial score (nSPS) is 17.1. The zero-order valence-corrected chi connectivity index (χ0v) is 36.9. The van der Waals surface area contributed by atoms with Crippen molar-refractivity contribution in [1.82, 2.24) is 9.80 Å². The van der Waals surface area contributed by atoms with Crippen molar-refractivity contribution in [1.29, 1.82) is 0 Å². The van der Waals surface area contributed by atoms with E-state index in [9.17, 15) is 9.59 Å². The molecular formula is C56H64N4O2+2. The van der Waals surface area contributed by atoms with E-state index in [0.717, 1.165) is 67.7 Å². The molecule has 62 heavy (non-hydrogen) atoms. The molecule has 0 spiro atoms. The summed E-state index contributed by atoms with van der Waals surface area (Å²) in [5, 5.41) is 0. The fourth-order valence-corrected chi connectivity index (χ4v) is 10.2. The summed E-state index contributed by atoms with van der Waals surface area (Å²) < 4.78 is 1.80. The summed E-state index contributed by atoms with van der Waals surface area (Å²) in [5.41, 5.74) is 8.68. The molecule has 2 fully saturated rings. The predicted molar refractivity (Wildman–Crippen MR) is 252 cm³/mol. The molecule has 2 heterocycles. The number of benzene rings is 6. The van der Waals surface area contributed by atoms with E-state index in [4.69, 9.17) is 0 Å². The summed E-state index contributed by atoms with van der Waals surface area (Å²) in [4.78, 5) is 32.4. The molecule has 318 valence electrons. The first-order valence-electron chi connectivity index (χ1n) is 22.8. The number of carbonyl (C=O) groups excluding carboxylic acids is 2. The van der Waals surface area contributed by atoms with Gasteiger partial charge in [-0.2, -0.15) is 0 Å². The van der Waals surface area contributed by atoms with E-state index >= 15 is 0 Å². The Hall–Kier alpha value is -5.82. The summed E-state index contributed by atoms with van der Waals surface area (Å²) in [5.74, 6) is 0.473. The van der Waals surface area contributed by atoms with Crippen LogP contribution in [0.4, 0.5) is 0 Å². The quantitative estimate of drug-likeness (QED) is 0.103. The Labute approximate surface area is 370 Å². The van der Waals surface area contributed by atoms with Crippen LogP contribution >= 0.6 is 0 Å². The van der Waals surface area contributed by atoms with Gasteiger partial charge in [-0.25, -0.2) is 0 Å². The number of likely N-dealkylation sites (N-methyl/N-ethyl adjacent to an activating group) is 2. The molecule has 2 unspecified atom stereocenters. The lowest BCUT2D eigenvalue weighted by Crippen LogP contribution is -2.62. The van der Waals surface area contributed by atoms with Crippen molar-refractivity contribution in [2.24, 2.45) is 0 Å². The van der Waals surface area contributed by atoms with Crippen LogP contribution in [0.5, 0.6) is 0 Å². The maximum atomic E-state index is 14.4. The van der Waals surface area contributed by atoms with Gasteiger partial charge in [0.1, 0.15) is 6.04 Å². The second-order valence-corrected chi connectivity index (χ2v) is 18.4. The van der Waals surface area contributed by atoms with E-state index in [0.29, 0.717) is 18.9 Å². The summed E-state index contributed by atoms with van der Waals surface area (Å²) in [6.07, 6.45) is 1.86. The van der Waals surface area contributed by atoms with Crippen LogP contribution in [0.2, 0.25) is 0 Å². The lowest BCUT2D eigenvalue weighted by molar-refractivity contribution is -0.937. The first-order chi connectivity index (χ1) is 30.2. The smallest absolute Gasteiger partial charge is 0.223 e. The molecule has 2 amide bonds. The van der Waals surface area contributed by atoms with Crippen molar-refractivity contribution in [3.63, 3.8) is 0 Å². The molecule has 2 saturated heterocycles. The summed E-state index contributed by atoms with van der Waals surface area (Å²) in [7, 11) is 4.73. The van der Waals surface area contributed by atoms with Crippen molar-refractivity contribution < 1.29 is 18.6 Å². The zero-order chi connectivity index (χ0) is 42.9. The van der Waals surface area contributed by atoms with Crippen LogP contribution < -0.4 is 0 Å². The largest absolute Gasteiger partial charge is 0.331 e. The van der Waals surface area contributed by atoms with Crippen LogP contribution in [0.15, 0.2) is 176 Å². The van der Waals surface area contributed by atoms with E-state index in [2.05, 4.69) is 195 Å². The Morgan fingerprint density at radius 3 is 1.19 bits per heavy atom.